The van der Waals surface area contributed by atoms with Crippen LogP contribution in [-0.2, 0) is 11.8 Å². The first kappa shape index (κ1) is 16.3. The van der Waals surface area contributed by atoms with E-state index in [1.807, 2.05) is 6.20 Å². The van der Waals surface area contributed by atoms with Gasteiger partial charge in [0.1, 0.15) is 11.6 Å². The van der Waals surface area contributed by atoms with Crippen LogP contribution < -0.4 is 10.5 Å². The van der Waals surface area contributed by atoms with Gasteiger partial charge in [-0.2, -0.15) is 0 Å². The van der Waals surface area contributed by atoms with Crippen LogP contribution in [0, 0.1) is 0 Å². The number of H-pyrrole nitrogens is 1. The number of anilines is 1. The predicted octanol–water partition coefficient (Wildman–Crippen LogP) is 3.68. The van der Waals surface area contributed by atoms with Gasteiger partial charge in [-0.05, 0) is 50.0 Å². The SMILES string of the molecule is O=c1[nH]c(C2CC2)nc2c1CCC21CCN(c2nccc3ccccc23)CC1. The average Bonchev–Trinajstić information content (AvgIpc) is 3.53. The van der Waals surface area contributed by atoms with Gasteiger partial charge in [0.05, 0.1) is 5.69 Å². The summed E-state index contributed by atoms with van der Waals surface area (Å²) in [5, 5.41) is 2.46. The fourth-order valence-electron chi connectivity index (χ4n) is 5.21. The molecule has 1 aromatic carbocycles. The van der Waals surface area contributed by atoms with E-state index in [0.29, 0.717) is 5.92 Å². The molecule has 0 unspecified atom stereocenters. The second kappa shape index (κ2) is 5.90. The van der Waals surface area contributed by atoms with Crippen molar-refractivity contribution in [1.29, 1.82) is 0 Å². The number of pyridine rings is 1. The number of aromatic amines is 1. The molecule has 5 heteroatoms. The molecule has 3 aromatic rings. The van der Waals surface area contributed by atoms with Crippen molar-refractivity contribution in [3.8, 4) is 0 Å². The summed E-state index contributed by atoms with van der Waals surface area (Å²) in [7, 11) is 0. The summed E-state index contributed by atoms with van der Waals surface area (Å²) in [6.45, 7) is 1.93. The molecule has 6 rings (SSSR count). The smallest absolute Gasteiger partial charge is 0.254 e. The first-order valence-electron chi connectivity index (χ1n) is 10.5. The van der Waals surface area contributed by atoms with Crippen LogP contribution in [0.1, 0.15) is 55.1 Å². The Hall–Kier alpha value is -2.69. The molecule has 142 valence electrons. The van der Waals surface area contributed by atoms with Gasteiger partial charge in [-0.3, -0.25) is 4.79 Å². The van der Waals surface area contributed by atoms with Gasteiger partial charge in [-0.15, -0.1) is 0 Å². The molecule has 1 saturated carbocycles. The molecule has 3 heterocycles. The largest absolute Gasteiger partial charge is 0.356 e. The van der Waals surface area contributed by atoms with Crippen molar-refractivity contribution in [2.45, 2.75) is 49.9 Å². The number of aromatic nitrogens is 3. The maximum absolute atomic E-state index is 12.6. The lowest BCUT2D eigenvalue weighted by molar-refractivity contribution is 0.321. The Kier molecular flexibility index (Phi) is 3.43. The van der Waals surface area contributed by atoms with Crippen LogP contribution in [0.4, 0.5) is 5.82 Å². The molecule has 2 aliphatic carbocycles. The van der Waals surface area contributed by atoms with E-state index in [9.17, 15) is 4.79 Å². The minimum absolute atomic E-state index is 0.0777. The van der Waals surface area contributed by atoms with Crippen molar-refractivity contribution in [3.05, 3.63) is 64.0 Å². The molecular weight excluding hydrogens is 348 g/mol. The Morgan fingerprint density at radius 2 is 1.89 bits per heavy atom. The Morgan fingerprint density at radius 3 is 2.71 bits per heavy atom. The monoisotopic (exact) mass is 372 g/mol. The summed E-state index contributed by atoms with van der Waals surface area (Å²) in [4.78, 5) is 27.8. The first-order chi connectivity index (χ1) is 13.7. The van der Waals surface area contributed by atoms with E-state index in [4.69, 9.17) is 9.97 Å². The van der Waals surface area contributed by atoms with Crippen LogP contribution in [0.5, 0.6) is 0 Å². The van der Waals surface area contributed by atoms with Gasteiger partial charge in [0.15, 0.2) is 0 Å². The van der Waals surface area contributed by atoms with Gasteiger partial charge < -0.3 is 9.88 Å². The summed E-state index contributed by atoms with van der Waals surface area (Å²) in [6.07, 6.45) is 8.26. The molecule has 0 bridgehead atoms. The van der Waals surface area contributed by atoms with Gasteiger partial charge in [-0.1, -0.05) is 24.3 Å². The molecule has 2 fully saturated rings. The zero-order valence-corrected chi connectivity index (χ0v) is 15.9. The standard InChI is InChI=1S/C23H24N4O/c28-22-18-7-9-23(19(18)25-20(26-22)16-5-6-16)10-13-27(14-11-23)21-17-4-2-1-3-15(17)8-12-24-21/h1-4,8,12,16H,5-7,9-11,13-14H2,(H,25,26,28). The van der Waals surface area contributed by atoms with Gasteiger partial charge >= 0.3 is 0 Å². The lowest BCUT2D eigenvalue weighted by Crippen LogP contribution is -2.42. The van der Waals surface area contributed by atoms with E-state index < -0.39 is 0 Å². The number of piperidine rings is 1. The molecule has 5 nitrogen and oxygen atoms in total. The third kappa shape index (κ3) is 2.42. The predicted molar refractivity (Wildman–Crippen MR) is 110 cm³/mol. The van der Waals surface area contributed by atoms with Crippen LogP contribution in [0.15, 0.2) is 41.3 Å². The van der Waals surface area contributed by atoms with E-state index in [-0.39, 0.29) is 11.0 Å². The lowest BCUT2D eigenvalue weighted by atomic mass is 9.76. The Morgan fingerprint density at radius 1 is 1.07 bits per heavy atom. The summed E-state index contributed by atoms with van der Waals surface area (Å²) < 4.78 is 0. The lowest BCUT2D eigenvalue weighted by Gasteiger charge is -2.40. The molecule has 0 radical (unpaired) electrons. The molecule has 1 saturated heterocycles. The number of nitrogens with one attached hydrogen (secondary N) is 1. The fourth-order valence-corrected chi connectivity index (χ4v) is 5.21. The van der Waals surface area contributed by atoms with E-state index in [2.05, 4.69) is 40.2 Å². The highest BCUT2D eigenvalue weighted by Gasteiger charge is 2.45. The number of hydrogen-bond acceptors (Lipinski definition) is 4. The van der Waals surface area contributed by atoms with Gasteiger partial charge in [0, 0.05) is 41.6 Å². The number of fused-ring (bicyclic) bond motifs is 3. The van der Waals surface area contributed by atoms with Gasteiger partial charge in [0.25, 0.3) is 5.56 Å². The summed E-state index contributed by atoms with van der Waals surface area (Å²) in [6, 6.07) is 10.5. The van der Waals surface area contributed by atoms with Crippen molar-refractivity contribution in [1.82, 2.24) is 15.0 Å². The average molecular weight is 372 g/mol. The molecule has 1 spiro atoms. The summed E-state index contributed by atoms with van der Waals surface area (Å²) >= 11 is 0. The van der Waals surface area contributed by atoms with E-state index in [1.165, 1.54) is 10.8 Å². The maximum Gasteiger partial charge on any atom is 0.254 e. The zero-order chi connectivity index (χ0) is 18.7. The normalized spacial score (nSPS) is 20.6. The quantitative estimate of drug-likeness (QED) is 0.745. The number of hydrogen-bond donors (Lipinski definition) is 1. The molecule has 1 N–H and O–H groups in total. The molecule has 0 atom stereocenters. The molecule has 1 aliphatic heterocycles. The molecular formula is C23H24N4O. The van der Waals surface area contributed by atoms with Crippen molar-refractivity contribution in [2.24, 2.45) is 0 Å². The summed E-state index contributed by atoms with van der Waals surface area (Å²) in [5.41, 5.74) is 2.25. The van der Waals surface area contributed by atoms with Crippen LogP contribution in [-0.4, -0.2) is 28.0 Å². The van der Waals surface area contributed by atoms with Crippen LogP contribution in [0.3, 0.4) is 0 Å². The third-order valence-corrected chi connectivity index (χ3v) is 7.03. The highest BCUT2D eigenvalue weighted by molar-refractivity contribution is 5.92. The first-order valence-corrected chi connectivity index (χ1v) is 10.5. The zero-order valence-electron chi connectivity index (χ0n) is 15.9. The molecule has 3 aliphatic rings. The van der Waals surface area contributed by atoms with Gasteiger partial charge in [0.2, 0.25) is 0 Å². The van der Waals surface area contributed by atoms with Crippen molar-refractivity contribution >= 4 is 16.6 Å². The van der Waals surface area contributed by atoms with E-state index in [1.54, 1.807) is 0 Å². The highest BCUT2D eigenvalue weighted by atomic mass is 16.1. The maximum atomic E-state index is 12.6. The Balaban J connectivity index is 1.32. The van der Waals surface area contributed by atoms with Crippen molar-refractivity contribution < 1.29 is 0 Å². The second-order valence-electron chi connectivity index (χ2n) is 8.68. The van der Waals surface area contributed by atoms with Gasteiger partial charge in [-0.25, -0.2) is 9.97 Å². The number of rotatable bonds is 2. The Labute approximate surface area is 163 Å². The van der Waals surface area contributed by atoms with Crippen LogP contribution >= 0.6 is 0 Å². The van der Waals surface area contributed by atoms with Crippen LogP contribution in [0.2, 0.25) is 0 Å². The third-order valence-electron chi connectivity index (χ3n) is 7.03. The minimum atomic E-state index is 0.0777. The number of nitrogens with zero attached hydrogens (tertiary/aromatic N) is 3. The Bertz CT molecular complexity index is 1120. The fraction of sp³-hybridized carbons (Fsp3) is 0.435. The minimum Gasteiger partial charge on any atom is -0.356 e. The van der Waals surface area contributed by atoms with Crippen molar-refractivity contribution in [2.75, 3.05) is 18.0 Å². The van der Waals surface area contributed by atoms with E-state index >= 15 is 0 Å². The van der Waals surface area contributed by atoms with E-state index in [0.717, 1.165) is 74.5 Å². The topological polar surface area (TPSA) is 61.9 Å². The molecule has 2 aromatic heterocycles. The summed E-state index contributed by atoms with van der Waals surface area (Å²) in [5.74, 6) is 2.50. The highest BCUT2D eigenvalue weighted by Crippen LogP contribution is 2.46. The van der Waals surface area contributed by atoms with Crippen molar-refractivity contribution in [3.63, 3.8) is 0 Å². The molecule has 0 amide bonds. The van der Waals surface area contributed by atoms with Crippen LogP contribution in [0.25, 0.3) is 10.8 Å². The molecule has 28 heavy (non-hydrogen) atoms. The second-order valence-corrected chi connectivity index (χ2v) is 8.68. The number of benzene rings is 1.